The van der Waals surface area contributed by atoms with Crippen LogP contribution in [0.4, 0.5) is 0 Å². The molecule has 0 aliphatic rings. The fourth-order valence-corrected chi connectivity index (χ4v) is 1.73. The molecule has 74 valence electrons. The highest BCUT2D eigenvalue weighted by Gasteiger charge is 1.95. The summed E-state index contributed by atoms with van der Waals surface area (Å²) >= 11 is 1.98. The monoisotopic (exact) mass is 199 g/mol. The Morgan fingerprint density at radius 3 is 3.00 bits per heavy atom. The van der Waals surface area contributed by atoms with Crippen LogP contribution in [0.3, 0.4) is 0 Å². The zero-order valence-electron chi connectivity index (χ0n) is 8.25. The maximum atomic E-state index is 4.96. The topological polar surface area (TPSA) is 25.2 Å². The minimum atomic E-state index is 0.732. The van der Waals surface area contributed by atoms with Crippen LogP contribution in [-0.2, 0) is 6.54 Å². The molecular weight excluding hydrogens is 182 g/mol. The van der Waals surface area contributed by atoms with Gasteiger partial charge in [-0.2, -0.15) is 11.8 Å². The summed E-state index contributed by atoms with van der Waals surface area (Å²) in [6.07, 6.45) is 3.49. The third-order valence-corrected chi connectivity index (χ3v) is 2.75. The standard InChI is InChI=1S/C10H17NOS/c1-9(2)13-6-4-11-7-10-3-5-12-8-10/h3,5,8-9,11H,4,6-7H2,1-2H3. The van der Waals surface area contributed by atoms with Crippen molar-refractivity contribution in [2.45, 2.75) is 25.6 Å². The van der Waals surface area contributed by atoms with Gasteiger partial charge in [-0.15, -0.1) is 0 Å². The molecule has 0 aliphatic heterocycles. The first-order valence-electron chi connectivity index (χ1n) is 4.62. The van der Waals surface area contributed by atoms with E-state index in [1.807, 2.05) is 17.8 Å². The Labute approximate surface area is 84.1 Å². The van der Waals surface area contributed by atoms with Gasteiger partial charge < -0.3 is 9.73 Å². The van der Waals surface area contributed by atoms with E-state index in [0.29, 0.717) is 0 Å². The lowest BCUT2D eigenvalue weighted by Crippen LogP contribution is -2.16. The number of hydrogen-bond acceptors (Lipinski definition) is 3. The average molecular weight is 199 g/mol. The van der Waals surface area contributed by atoms with E-state index in [-0.39, 0.29) is 0 Å². The van der Waals surface area contributed by atoms with Gasteiger partial charge in [-0.25, -0.2) is 0 Å². The number of furan rings is 1. The molecule has 0 aliphatic carbocycles. The molecule has 0 aromatic carbocycles. The molecule has 0 spiro atoms. The molecule has 1 aromatic heterocycles. The van der Waals surface area contributed by atoms with E-state index in [1.54, 1.807) is 12.5 Å². The molecule has 2 nitrogen and oxygen atoms in total. The van der Waals surface area contributed by atoms with Crippen LogP contribution in [0.5, 0.6) is 0 Å². The van der Waals surface area contributed by atoms with Gasteiger partial charge in [-0.3, -0.25) is 0 Å². The van der Waals surface area contributed by atoms with Crippen molar-refractivity contribution in [2.24, 2.45) is 0 Å². The van der Waals surface area contributed by atoms with Crippen LogP contribution in [0.2, 0.25) is 0 Å². The van der Waals surface area contributed by atoms with Crippen molar-refractivity contribution in [3.63, 3.8) is 0 Å². The highest BCUT2D eigenvalue weighted by Crippen LogP contribution is 2.07. The van der Waals surface area contributed by atoms with Gasteiger partial charge in [0.15, 0.2) is 0 Å². The quantitative estimate of drug-likeness (QED) is 0.713. The highest BCUT2D eigenvalue weighted by atomic mass is 32.2. The van der Waals surface area contributed by atoms with Gasteiger partial charge in [0.1, 0.15) is 0 Å². The summed E-state index contributed by atoms with van der Waals surface area (Å²) in [6, 6.07) is 1.99. The normalized spacial score (nSPS) is 11.0. The van der Waals surface area contributed by atoms with E-state index in [1.165, 1.54) is 11.3 Å². The molecule has 0 unspecified atom stereocenters. The van der Waals surface area contributed by atoms with Crippen molar-refractivity contribution < 1.29 is 4.42 Å². The van der Waals surface area contributed by atoms with Crippen LogP contribution in [0.25, 0.3) is 0 Å². The van der Waals surface area contributed by atoms with Crippen LogP contribution >= 0.6 is 11.8 Å². The Hall–Kier alpha value is -0.410. The van der Waals surface area contributed by atoms with Gasteiger partial charge in [0, 0.05) is 24.4 Å². The molecule has 0 atom stereocenters. The lowest BCUT2D eigenvalue weighted by Gasteiger charge is -2.05. The summed E-state index contributed by atoms with van der Waals surface area (Å²) in [5, 5.41) is 4.09. The van der Waals surface area contributed by atoms with E-state index in [4.69, 9.17) is 4.42 Å². The number of hydrogen-bond donors (Lipinski definition) is 1. The Bertz CT molecular complexity index is 209. The van der Waals surface area contributed by atoms with Gasteiger partial charge in [-0.05, 0) is 11.3 Å². The summed E-state index contributed by atoms with van der Waals surface area (Å²) < 4.78 is 4.96. The Morgan fingerprint density at radius 2 is 2.38 bits per heavy atom. The van der Waals surface area contributed by atoms with Crippen LogP contribution in [-0.4, -0.2) is 17.5 Å². The second kappa shape index (κ2) is 6.11. The van der Waals surface area contributed by atoms with E-state index in [0.717, 1.165) is 18.3 Å². The summed E-state index contributed by atoms with van der Waals surface area (Å²) in [4.78, 5) is 0. The smallest absolute Gasteiger partial charge is 0.0947 e. The van der Waals surface area contributed by atoms with Crippen LogP contribution in [0.15, 0.2) is 23.0 Å². The van der Waals surface area contributed by atoms with Crippen molar-refractivity contribution in [2.75, 3.05) is 12.3 Å². The molecule has 3 heteroatoms. The van der Waals surface area contributed by atoms with E-state index < -0.39 is 0 Å². The molecule has 0 saturated heterocycles. The average Bonchev–Trinajstić information content (AvgIpc) is 2.55. The SMILES string of the molecule is CC(C)SCCNCc1ccoc1. The fraction of sp³-hybridized carbons (Fsp3) is 0.600. The first kappa shape index (κ1) is 10.7. The van der Waals surface area contributed by atoms with Crippen molar-refractivity contribution in [3.05, 3.63) is 24.2 Å². The maximum Gasteiger partial charge on any atom is 0.0947 e. The molecule has 0 amide bonds. The lowest BCUT2D eigenvalue weighted by molar-refractivity contribution is 0.561. The molecule has 0 bridgehead atoms. The van der Waals surface area contributed by atoms with E-state index >= 15 is 0 Å². The zero-order valence-corrected chi connectivity index (χ0v) is 9.06. The lowest BCUT2D eigenvalue weighted by atomic mass is 10.3. The van der Waals surface area contributed by atoms with Crippen molar-refractivity contribution in [1.82, 2.24) is 5.32 Å². The second-order valence-corrected chi connectivity index (χ2v) is 4.91. The van der Waals surface area contributed by atoms with Crippen LogP contribution in [0, 0.1) is 0 Å². The Kier molecular flexibility index (Phi) is 5.01. The van der Waals surface area contributed by atoms with Gasteiger partial charge in [0.25, 0.3) is 0 Å². The molecule has 0 fully saturated rings. The third-order valence-electron chi connectivity index (χ3n) is 1.64. The largest absolute Gasteiger partial charge is 0.472 e. The molecule has 1 heterocycles. The molecule has 1 N–H and O–H groups in total. The van der Waals surface area contributed by atoms with Gasteiger partial charge >= 0.3 is 0 Å². The summed E-state index contributed by atoms with van der Waals surface area (Å²) in [7, 11) is 0. The molecule has 0 saturated carbocycles. The van der Waals surface area contributed by atoms with Crippen LogP contribution in [0.1, 0.15) is 19.4 Å². The minimum absolute atomic E-state index is 0.732. The number of nitrogens with one attached hydrogen (secondary N) is 1. The zero-order chi connectivity index (χ0) is 9.52. The summed E-state index contributed by atoms with van der Waals surface area (Å²) in [5.41, 5.74) is 1.22. The molecular formula is C10H17NOS. The Morgan fingerprint density at radius 1 is 1.54 bits per heavy atom. The molecule has 1 aromatic rings. The molecule has 1 rings (SSSR count). The predicted octanol–water partition coefficient (Wildman–Crippen LogP) is 2.51. The first-order chi connectivity index (χ1) is 6.29. The van der Waals surface area contributed by atoms with Gasteiger partial charge in [0.2, 0.25) is 0 Å². The first-order valence-corrected chi connectivity index (χ1v) is 5.67. The van der Waals surface area contributed by atoms with E-state index in [9.17, 15) is 0 Å². The number of rotatable bonds is 6. The van der Waals surface area contributed by atoms with Gasteiger partial charge in [0.05, 0.1) is 12.5 Å². The number of thioether (sulfide) groups is 1. The molecule has 0 radical (unpaired) electrons. The predicted molar refractivity (Wildman–Crippen MR) is 58.0 cm³/mol. The highest BCUT2D eigenvalue weighted by molar-refractivity contribution is 7.99. The summed E-state index contributed by atoms with van der Waals surface area (Å²) in [5.74, 6) is 1.18. The van der Waals surface area contributed by atoms with E-state index in [2.05, 4.69) is 19.2 Å². The molecule has 13 heavy (non-hydrogen) atoms. The fourth-order valence-electron chi connectivity index (χ4n) is 0.993. The third kappa shape index (κ3) is 5.01. The van der Waals surface area contributed by atoms with Crippen molar-refractivity contribution in [3.8, 4) is 0 Å². The maximum absolute atomic E-state index is 4.96. The van der Waals surface area contributed by atoms with Crippen LogP contribution < -0.4 is 5.32 Å². The van der Waals surface area contributed by atoms with Crippen molar-refractivity contribution >= 4 is 11.8 Å². The van der Waals surface area contributed by atoms with Crippen molar-refractivity contribution in [1.29, 1.82) is 0 Å². The summed E-state index contributed by atoms with van der Waals surface area (Å²) in [6.45, 7) is 6.42. The second-order valence-electron chi connectivity index (χ2n) is 3.23. The Balaban J connectivity index is 1.96. The minimum Gasteiger partial charge on any atom is -0.472 e. The van der Waals surface area contributed by atoms with Gasteiger partial charge in [-0.1, -0.05) is 13.8 Å².